The summed E-state index contributed by atoms with van der Waals surface area (Å²) in [5.41, 5.74) is 3.41. The van der Waals surface area contributed by atoms with Crippen molar-refractivity contribution in [2.24, 2.45) is 5.92 Å². The summed E-state index contributed by atoms with van der Waals surface area (Å²) < 4.78 is 23.9. The summed E-state index contributed by atoms with van der Waals surface area (Å²) in [7, 11) is -3.02. The molecule has 2 aromatic rings. The number of hydrogen-bond acceptors (Lipinski definition) is 7. The van der Waals surface area contributed by atoms with Gasteiger partial charge in [-0.15, -0.1) is 11.3 Å². The Labute approximate surface area is 181 Å². The summed E-state index contributed by atoms with van der Waals surface area (Å²) in [6.07, 6.45) is 2.36. The van der Waals surface area contributed by atoms with E-state index in [9.17, 15) is 13.2 Å². The summed E-state index contributed by atoms with van der Waals surface area (Å²) in [5, 5.41) is 0.982. The van der Waals surface area contributed by atoms with Gasteiger partial charge in [0.1, 0.15) is 5.82 Å². The number of pyridine rings is 1. The quantitative estimate of drug-likeness (QED) is 0.718. The van der Waals surface area contributed by atoms with E-state index >= 15 is 0 Å². The van der Waals surface area contributed by atoms with Crippen molar-refractivity contribution in [3.63, 3.8) is 0 Å². The van der Waals surface area contributed by atoms with Crippen molar-refractivity contribution in [2.45, 2.75) is 46.2 Å². The third-order valence-corrected chi connectivity index (χ3v) is 9.18. The van der Waals surface area contributed by atoms with Gasteiger partial charge in [0.05, 0.1) is 38.3 Å². The Hall–Kier alpha value is -2.00. The largest absolute Gasteiger partial charge is 0.354 e. The number of hydrogen-bond donors (Lipinski definition) is 0. The van der Waals surface area contributed by atoms with Gasteiger partial charge in [0.15, 0.2) is 9.84 Å². The van der Waals surface area contributed by atoms with Crippen LogP contribution < -0.4 is 4.90 Å². The molecule has 0 radical (unpaired) electrons. The fourth-order valence-corrected chi connectivity index (χ4v) is 6.62. The lowest BCUT2D eigenvalue weighted by Crippen LogP contribution is -2.42. The monoisotopic (exact) mass is 446 g/mol. The summed E-state index contributed by atoms with van der Waals surface area (Å²) in [5.74, 6) is 1.46. The number of anilines is 1. The van der Waals surface area contributed by atoms with E-state index in [1.165, 1.54) is 12.8 Å². The molecule has 1 atom stereocenters. The number of carbonyl (C=O) groups excluding carboxylic acids is 1. The van der Waals surface area contributed by atoms with E-state index in [0.717, 1.165) is 26.8 Å². The number of thiazole rings is 1. The average molecular weight is 447 g/mol. The first-order chi connectivity index (χ1) is 14.2. The highest BCUT2D eigenvalue weighted by Gasteiger charge is 2.41. The van der Waals surface area contributed by atoms with Crippen LogP contribution in [0.3, 0.4) is 0 Å². The maximum absolute atomic E-state index is 13.4. The molecule has 2 aromatic heterocycles. The minimum absolute atomic E-state index is 0.0316. The Morgan fingerprint density at radius 2 is 1.87 bits per heavy atom. The van der Waals surface area contributed by atoms with Gasteiger partial charge < -0.3 is 9.80 Å². The average Bonchev–Trinajstić information content (AvgIpc) is 3.41. The molecule has 0 unspecified atom stereocenters. The van der Waals surface area contributed by atoms with E-state index in [0.29, 0.717) is 36.9 Å². The van der Waals surface area contributed by atoms with Crippen LogP contribution in [0.15, 0.2) is 6.07 Å². The van der Waals surface area contributed by atoms with Crippen LogP contribution in [0.25, 0.3) is 10.6 Å². The van der Waals surface area contributed by atoms with Gasteiger partial charge in [-0.1, -0.05) is 0 Å². The van der Waals surface area contributed by atoms with Crippen LogP contribution in [0, 0.1) is 19.8 Å². The van der Waals surface area contributed by atoms with Gasteiger partial charge in [-0.2, -0.15) is 0 Å². The molecule has 2 fully saturated rings. The summed E-state index contributed by atoms with van der Waals surface area (Å²) >= 11 is 1.60. The maximum atomic E-state index is 13.4. The normalized spacial score (nSPS) is 21.8. The van der Waals surface area contributed by atoms with Crippen molar-refractivity contribution < 1.29 is 13.2 Å². The van der Waals surface area contributed by atoms with Crippen molar-refractivity contribution in [2.75, 3.05) is 29.5 Å². The lowest BCUT2D eigenvalue weighted by atomic mass is 10.1. The Morgan fingerprint density at radius 1 is 1.17 bits per heavy atom. The molecule has 5 rings (SSSR count). The van der Waals surface area contributed by atoms with Crippen LogP contribution in [-0.2, 0) is 16.4 Å². The molecule has 0 N–H and O–H groups in total. The number of nitrogens with zero attached hydrogens (tertiary/aromatic N) is 4. The molecule has 160 valence electrons. The molecule has 9 heteroatoms. The predicted molar refractivity (Wildman–Crippen MR) is 118 cm³/mol. The van der Waals surface area contributed by atoms with Crippen molar-refractivity contribution >= 4 is 32.9 Å². The molecule has 1 aliphatic carbocycles. The van der Waals surface area contributed by atoms with E-state index in [1.807, 2.05) is 29.7 Å². The highest BCUT2D eigenvalue weighted by atomic mass is 32.2. The third kappa shape index (κ3) is 3.41. The molecule has 7 nitrogen and oxygen atoms in total. The standard InChI is InChI=1S/C21H26N4O3S2/c1-12-19(29-14(3)22-12)17-10-16-11-25(13(2)15-4-5-15)21(26)18(16)20(23-17)24-6-8-30(27,28)9-7-24/h10,13,15H,4-9,11H2,1-3H3/t13-/m0/s1. The van der Waals surface area contributed by atoms with Gasteiger partial charge in [0, 0.05) is 25.7 Å². The van der Waals surface area contributed by atoms with Crippen molar-refractivity contribution in [1.82, 2.24) is 14.9 Å². The molecular weight excluding hydrogens is 420 g/mol. The van der Waals surface area contributed by atoms with Crippen LogP contribution >= 0.6 is 11.3 Å². The highest BCUT2D eigenvalue weighted by molar-refractivity contribution is 7.91. The van der Waals surface area contributed by atoms with E-state index in [2.05, 4.69) is 11.9 Å². The number of aryl methyl sites for hydroxylation is 2. The zero-order chi connectivity index (χ0) is 21.2. The first-order valence-electron chi connectivity index (χ1n) is 10.5. The van der Waals surface area contributed by atoms with Crippen molar-refractivity contribution in [3.8, 4) is 10.6 Å². The molecule has 0 spiro atoms. The van der Waals surface area contributed by atoms with Gasteiger partial charge in [-0.25, -0.2) is 18.4 Å². The van der Waals surface area contributed by atoms with E-state index < -0.39 is 9.84 Å². The number of fused-ring (bicyclic) bond motifs is 1. The van der Waals surface area contributed by atoms with E-state index in [-0.39, 0.29) is 23.5 Å². The number of carbonyl (C=O) groups is 1. The van der Waals surface area contributed by atoms with Gasteiger partial charge in [0.25, 0.3) is 5.91 Å². The Morgan fingerprint density at radius 3 is 2.47 bits per heavy atom. The number of amides is 1. The summed E-state index contributed by atoms with van der Waals surface area (Å²) in [6, 6.07) is 2.26. The Bertz CT molecular complexity index is 1120. The molecule has 30 heavy (non-hydrogen) atoms. The van der Waals surface area contributed by atoms with Gasteiger partial charge in [0.2, 0.25) is 0 Å². The Kier molecular flexibility index (Phi) is 4.66. The maximum Gasteiger partial charge on any atom is 0.258 e. The lowest BCUT2D eigenvalue weighted by Gasteiger charge is -2.29. The van der Waals surface area contributed by atoms with Crippen LogP contribution in [0.5, 0.6) is 0 Å². The van der Waals surface area contributed by atoms with Gasteiger partial charge in [-0.05, 0) is 51.2 Å². The second-order valence-corrected chi connectivity index (χ2v) is 12.2. The Balaban J connectivity index is 1.60. The minimum Gasteiger partial charge on any atom is -0.354 e. The first kappa shape index (κ1) is 19.9. The molecule has 0 bridgehead atoms. The SMILES string of the molecule is Cc1nc(C)c(-c2cc3c(c(N4CCS(=O)(=O)CC4)n2)C(=O)N([C@@H](C)C2CC2)C3)s1. The third-order valence-electron chi connectivity index (χ3n) is 6.47. The second-order valence-electron chi connectivity index (χ2n) is 8.66. The lowest BCUT2D eigenvalue weighted by molar-refractivity contribution is 0.0697. The fraction of sp³-hybridized carbons (Fsp3) is 0.571. The zero-order valence-electron chi connectivity index (χ0n) is 17.5. The van der Waals surface area contributed by atoms with Crippen molar-refractivity contribution in [3.05, 3.63) is 27.9 Å². The van der Waals surface area contributed by atoms with Crippen molar-refractivity contribution in [1.29, 1.82) is 0 Å². The number of aromatic nitrogens is 2. The zero-order valence-corrected chi connectivity index (χ0v) is 19.1. The van der Waals surface area contributed by atoms with E-state index in [1.54, 1.807) is 11.3 Å². The molecule has 2 aliphatic heterocycles. The van der Waals surface area contributed by atoms with Crippen LogP contribution in [-0.4, -0.2) is 59.8 Å². The molecule has 4 heterocycles. The molecule has 1 saturated carbocycles. The van der Waals surface area contributed by atoms with Gasteiger partial charge >= 0.3 is 0 Å². The second kappa shape index (κ2) is 7.02. The fourth-order valence-electron chi connectivity index (χ4n) is 4.54. The predicted octanol–water partition coefficient (Wildman–Crippen LogP) is 2.81. The number of sulfone groups is 1. The minimum atomic E-state index is -3.02. The summed E-state index contributed by atoms with van der Waals surface area (Å²) in [4.78, 5) is 27.8. The molecular formula is C21H26N4O3S2. The topological polar surface area (TPSA) is 83.5 Å². The summed E-state index contributed by atoms with van der Waals surface area (Å²) in [6.45, 7) is 7.44. The van der Waals surface area contributed by atoms with Crippen LogP contribution in [0.2, 0.25) is 0 Å². The first-order valence-corrected chi connectivity index (χ1v) is 13.1. The van der Waals surface area contributed by atoms with Crippen LogP contribution in [0.4, 0.5) is 5.82 Å². The molecule has 1 amide bonds. The smallest absolute Gasteiger partial charge is 0.258 e. The number of rotatable bonds is 4. The molecule has 3 aliphatic rings. The van der Waals surface area contributed by atoms with Gasteiger partial charge in [-0.3, -0.25) is 4.79 Å². The van der Waals surface area contributed by atoms with Crippen LogP contribution in [0.1, 0.15) is 46.4 Å². The van der Waals surface area contributed by atoms with E-state index in [4.69, 9.17) is 4.98 Å². The highest BCUT2D eigenvalue weighted by Crippen LogP contribution is 2.41. The molecule has 1 saturated heterocycles. The molecule has 0 aromatic carbocycles.